The van der Waals surface area contributed by atoms with Crippen LogP contribution in [0.4, 0.5) is 0 Å². The van der Waals surface area contributed by atoms with Crippen molar-refractivity contribution < 1.29 is 12.4 Å². The molecule has 0 N–H and O–H groups in total. The molecule has 0 aliphatic rings. The van der Waals surface area contributed by atoms with Crippen molar-refractivity contribution in [2.75, 3.05) is 24.6 Å². The molecule has 0 fully saturated rings. The van der Waals surface area contributed by atoms with E-state index in [1.54, 1.807) is 31.1 Å². The van der Waals surface area contributed by atoms with Gasteiger partial charge in [0.2, 0.25) is 0 Å². The molecule has 0 heterocycles. The zero-order valence-corrected chi connectivity index (χ0v) is 20.6. The minimum absolute atomic E-state index is 0. The molecule has 26 heavy (non-hydrogen) atoms. The van der Waals surface area contributed by atoms with E-state index in [1.807, 2.05) is 0 Å². The highest BCUT2D eigenvalue weighted by Crippen LogP contribution is 2.61. The van der Waals surface area contributed by atoms with Crippen LogP contribution in [0.1, 0.15) is 130 Å². The van der Waals surface area contributed by atoms with Gasteiger partial charge in [-0.1, -0.05) is 98.3 Å². The highest BCUT2D eigenvalue weighted by molar-refractivity contribution is 7.75. The van der Waals surface area contributed by atoms with Crippen LogP contribution in [0.5, 0.6) is 0 Å². The molecule has 0 spiro atoms. The number of hydrogen-bond donors (Lipinski definition) is 0. The van der Waals surface area contributed by atoms with E-state index in [0.29, 0.717) is 0 Å². The smallest absolute Gasteiger partial charge is 0.0594 e. The normalized spacial score (nSPS) is 11.5. The minimum Gasteiger partial charge on any atom is -1.00 e. The van der Waals surface area contributed by atoms with Gasteiger partial charge in [-0.3, -0.25) is 0 Å². The van der Waals surface area contributed by atoms with Crippen molar-refractivity contribution in [3.05, 3.63) is 0 Å². The largest absolute Gasteiger partial charge is 1.00 e. The first kappa shape index (κ1) is 28.9. The summed E-state index contributed by atoms with van der Waals surface area (Å²) in [6.07, 6.45) is 30.0. The molecule has 160 valence electrons. The van der Waals surface area contributed by atoms with Gasteiger partial charge in [0.1, 0.15) is 0 Å². The summed E-state index contributed by atoms with van der Waals surface area (Å²) in [7, 11) is -0.620. The van der Waals surface area contributed by atoms with E-state index in [0.717, 1.165) is 0 Å². The Kier molecular flexibility index (Phi) is 24.5. The van der Waals surface area contributed by atoms with Crippen LogP contribution in [-0.4, -0.2) is 24.6 Å². The lowest BCUT2D eigenvalue weighted by atomic mass is 10.1. The molecule has 0 rings (SSSR count). The molecule has 0 nitrogen and oxygen atoms in total. The van der Waals surface area contributed by atoms with Crippen LogP contribution in [0, 0.1) is 0 Å². The third kappa shape index (κ3) is 16.9. The molecule has 0 amide bonds. The Hall–Kier alpha value is 0.720. The van der Waals surface area contributed by atoms with Gasteiger partial charge in [-0.25, -0.2) is 0 Å². The van der Waals surface area contributed by atoms with Crippen molar-refractivity contribution >= 4 is 7.26 Å². The van der Waals surface area contributed by atoms with Gasteiger partial charge in [0.15, 0.2) is 0 Å². The maximum absolute atomic E-state index is 2.38. The topological polar surface area (TPSA) is 0 Å². The average Bonchev–Trinajstić information content (AvgIpc) is 2.64. The Morgan fingerprint density at radius 3 is 0.962 bits per heavy atom. The number of unbranched alkanes of at least 4 members (excludes halogenated alkanes) is 12. The molecule has 0 aromatic heterocycles. The Morgan fingerprint density at radius 1 is 0.346 bits per heavy atom. The monoisotopic (exact) mass is 406 g/mol. The van der Waals surface area contributed by atoms with Crippen LogP contribution < -0.4 is 12.4 Å². The summed E-state index contributed by atoms with van der Waals surface area (Å²) < 4.78 is 0. The Bertz CT molecular complexity index is 233. The lowest BCUT2D eigenvalue weighted by molar-refractivity contribution is -0.00000579. The molecule has 0 saturated heterocycles. The van der Waals surface area contributed by atoms with Crippen LogP contribution in [0.2, 0.25) is 0 Å². The summed E-state index contributed by atoms with van der Waals surface area (Å²) in [5, 5.41) is 0. The molecule has 0 aromatic carbocycles. The predicted molar refractivity (Wildman–Crippen MR) is 123 cm³/mol. The maximum Gasteiger partial charge on any atom is 0.0594 e. The van der Waals surface area contributed by atoms with E-state index in [1.165, 1.54) is 96.3 Å². The summed E-state index contributed by atoms with van der Waals surface area (Å²) in [6, 6.07) is 0. The van der Waals surface area contributed by atoms with E-state index in [-0.39, 0.29) is 12.4 Å². The summed E-state index contributed by atoms with van der Waals surface area (Å²) in [6.45, 7) is 9.46. The van der Waals surface area contributed by atoms with Crippen LogP contribution >= 0.6 is 7.26 Å². The van der Waals surface area contributed by atoms with Gasteiger partial charge in [-0.05, 0) is 32.1 Å². The number of rotatable bonds is 20. The van der Waals surface area contributed by atoms with Crippen LogP contribution in [0.25, 0.3) is 0 Å². The van der Waals surface area contributed by atoms with Gasteiger partial charge in [0.05, 0.1) is 24.6 Å². The fourth-order valence-electron chi connectivity index (χ4n) is 4.09. The quantitative estimate of drug-likeness (QED) is 0.164. The van der Waals surface area contributed by atoms with Gasteiger partial charge in [-0.15, -0.1) is 0 Å². The van der Waals surface area contributed by atoms with E-state index in [9.17, 15) is 0 Å². The highest BCUT2D eigenvalue weighted by Gasteiger charge is 2.34. The molecule has 0 radical (unpaired) electrons. The predicted octanol–water partition coefficient (Wildman–Crippen LogP) is 6.33. The van der Waals surface area contributed by atoms with Crippen molar-refractivity contribution in [1.29, 1.82) is 0 Å². The Balaban J connectivity index is 0. The van der Waals surface area contributed by atoms with E-state index in [4.69, 9.17) is 0 Å². The minimum atomic E-state index is -0.620. The first-order valence-corrected chi connectivity index (χ1v) is 14.6. The summed E-state index contributed by atoms with van der Waals surface area (Å²) >= 11 is 0. The molecule has 0 aromatic rings. The van der Waals surface area contributed by atoms with Crippen molar-refractivity contribution in [1.82, 2.24) is 0 Å². The van der Waals surface area contributed by atoms with Crippen molar-refractivity contribution in [2.45, 2.75) is 130 Å². The fourth-order valence-corrected chi connectivity index (χ4v) is 9.28. The molecule has 0 aliphatic carbocycles. The van der Waals surface area contributed by atoms with Crippen LogP contribution in [-0.2, 0) is 0 Å². The van der Waals surface area contributed by atoms with Gasteiger partial charge < -0.3 is 12.4 Å². The van der Waals surface area contributed by atoms with Crippen molar-refractivity contribution in [3.63, 3.8) is 0 Å². The third-order valence-electron chi connectivity index (χ3n) is 5.94. The molecule has 0 unspecified atom stereocenters. The van der Waals surface area contributed by atoms with Gasteiger partial charge in [0.25, 0.3) is 0 Å². The fraction of sp³-hybridized carbons (Fsp3) is 1.00. The van der Waals surface area contributed by atoms with Crippen LogP contribution in [0.15, 0.2) is 0 Å². The second kappa shape index (κ2) is 22.0. The lowest BCUT2D eigenvalue weighted by Gasteiger charge is -2.28. The second-order valence-electron chi connectivity index (χ2n) is 8.48. The molecule has 0 aliphatic heterocycles. The molecule has 0 bridgehead atoms. The van der Waals surface area contributed by atoms with Crippen molar-refractivity contribution in [2.24, 2.45) is 0 Å². The third-order valence-corrected chi connectivity index (χ3v) is 11.0. The van der Waals surface area contributed by atoms with Gasteiger partial charge in [0, 0.05) is 7.26 Å². The Morgan fingerprint density at radius 2 is 0.615 bits per heavy atom. The average molecular weight is 407 g/mol. The SMILES string of the molecule is CCCCCCCCCCCC[P+](CCCC)(CCCC)CCCC.[Cl-]. The Labute approximate surface area is 174 Å². The van der Waals surface area contributed by atoms with Gasteiger partial charge in [-0.2, -0.15) is 0 Å². The molecular weight excluding hydrogens is 355 g/mol. The van der Waals surface area contributed by atoms with Crippen LogP contribution in [0.3, 0.4) is 0 Å². The zero-order valence-electron chi connectivity index (χ0n) is 19.0. The van der Waals surface area contributed by atoms with E-state index < -0.39 is 7.26 Å². The standard InChI is InChI=1S/C24H52P.ClH/c1-5-9-13-14-15-16-17-18-19-20-24-25(21-10-6-2,22-11-7-3)23-12-8-4;/h5-24H2,1-4H3;1H/q+1;/p-1. The molecular formula is C24H52ClP. The summed E-state index contributed by atoms with van der Waals surface area (Å²) in [5.74, 6) is 0. The first-order chi connectivity index (χ1) is 12.2. The molecule has 0 atom stereocenters. The summed E-state index contributed by atoms with van der Waals surface area (Å²) in [5.41, 5.74) is 0. The summed E-state index contributed by atoms with van der Waals surface area (Å²) in [4.78, 5) is 0. The maximum atomic E-state index is 2.38. The number of hydrogen-bond acceptors (Lipinski definition) is 0. The van der Waals surface area contributed by atoms with E-state index >= 15 is 0 Å². The first-order valence-electron chi connectivity index (χ1n) is 12.1. The lowest BCUT2D eigenvalue weighted by Crippen LogP contribution is -3.00. The van der Waals surface area contributed by atoms with Crippen molar-refractivity contribution in [3.8, 4) is 0 Å². The van der Waals surface area contributed by atoms with Gasteiger partial charge >= 0.3 is 0 Å². The zero-order chi connectivity index (χ0) is 18.6. The highest BCUT2D eigenvalue weighted by atomic mass is 35.5. The second-order valence-corrected chi connectivity index (χ2v) is 13.0. The molecule has 2 heteroatoms. The molecule has 0 saturated carbocycles. The van der Waals surface area contributed by atoms with E-state index in [2.05, 4.69) is 27.7 Å². The number of halogens is 1.